The quantitative estimate of drug-likeness (QED) is 0.406. The number of carbonyl (C=O) groups excluding carboxylic acids is 1. The Morgan fingerprint density at radius 2 is 2.58 bits per heavy atom. The van der Waals surface area contributed by atoms with E-state index in [2.05, 4.69) is 0 Å². The maximum Gasteiger partial charge on any atom is 0.189 e. The zero-order valence-corrected chi connectivity index (χ0v) is 7.64. The third kappa shape index (κ3) is 2.51. The Morgan fingerprint density at radius 3 is 3.17 bits per heavy atom. The SMILES string of the molecule is CCOC=CC(=O)c1ccsc1. The molecule has 0 aromatic carbocycles. The first kappa shape index (κ1) is 9.00. The van der Waals surface area contributed by atoms with Crippen LogP contribution in [0.5, 0.6) is 0 Å². The summed E-state index contributed by atoms with van der Waals surface area (Å²) in [6.07, 6.45) is 2.87. The van der Waals surface area contributed by atoms with Crippen LogP contribution in [0.15, 0.2) is 29.2 Å². The average Bonchev–Trinajstić information content (AvgIpc) is 2.56. The fourth-order valence-electron chi connectivity index (χ4n) is 0.707. The van der Waals surface area contributed by atoms with E-state index in [9.17, 15) is 4.79 Å². The zero-order valence-electron chi connectivity index (χ0n) is 6.82. The molecule has 0 aliphatic heterocycles. The highest BCUT2D eigenvalue weighted by atomic mass is 32.1. The highest BCUT2D eigenvalue weighted by Gasteiger charge is 1.99. The maximum absolute atomic E-state index is 11.2. The molecule has 0 fully saturated rings. The second-order valence-corrected chi connectivity index (χ2v) is 2.91. The van der Waals surface area contributed by atoms with Crippen molar-refractivity contribution in [3.63, 3.8) is 0 Å². The molecule has 0 atom stereocenters. The molecule has 1 rings (SSSR count). The van der Waals surface area contributed by atoms with Crippen molar-refractivity contribution in [1.82, 2.24) is 0 Å². The third-order valence-electron chi connectivity index (χ3n) is 1.29. The summed E-state index contributed by atoms with van der Waals surface area (Å²) in [6, 6.07) is 1.79. The first-order valence-corrected chi connectivity index (χ1v) is 4.63. The second kappa shape index (κ2) is 4.72. The summed E-state index contributed by atoms with van der Waals surface area (Å²) < 4.78 is 4.90. The van der Waals surface area contributed by atoms with Crippen LogP contribution in [-0.4, -0.2) is 12.4 Å². The van der Waals surface area contributed by atoms with Crippen LogP contribution in [0, 0.1) is 0 Å². The van der Waals surface area contributed by atoms with Crippen LogP contribution in [0.1, 0.15) is 17.3 Å². The van der Waals surface area contributed by atoms with Crippen molar-refractivity contribution in [3.05, 3.63) is 34.7 Å². The molecule has 64 valence electrons. The Bertz CT molecular complexity index is 262. The monoisotopic (exact) mass is 182 g/mol. The molecule has 0 N–H and O–H groups in total. The van der Waals surface area contributed by atoms with Gasteiger partial charge in [0.25, 0.3) is 0 Å². The number of hydrogen-bond donors (Lipinski definition) is 0. The summed E-state index contributed by atoms with van der Waals surface area (Å²) in [7, 11) is 0. The predicted molar refractivity (Wildman–Crippen MR) is 49.4 cm³/mol. The van der Waals surface area contributed by atoms with Crippen molar-refractivity contribution >= 4 is 17.1 Å². The van der Waals surface area contributed by atoms with Gasteiger partial charge in [-0.25, -0.2) is 0 Å². The van der Waals surface area contributed by atoms with Gasteiger partial charge in [-0.15, -0.1) is 0 Å². The fourth-order valence-corrected chi connectivity index (χ4v) is 1.35. The number of ether oxygens (including phenoxy) is 1. The van der Waals surface area contributed by atoms with Crippen LogP contribution in [0.2, 0.25) is 0 Å². The topological polar surface area (TPSA) is 26.3 Å². The molecule has 0 amide bonds. The molecule has 0 radical (unpaired) electrons. The van der Waals surface area contributed by atoms with Crippen LogP contribution >= 0.6 is 11.3 Å². The highest BCUT2D eigenvalue weighted by Crippen LogP contribution is 2.06. The summed E-state index contributed by atoms with van der Waals surface area (Å²) >= 11 is 1.51. The summed E-state index contributed by atoms with van der Waals surface area (Å²) in [4.78, 5) is 11.2. The minimum atomic E-state index is -0.00954. The van der Waals surface area contributed by atoms with Crippen LogP contribution < -0.4 is 0 Å². The Hall–Kier alpha value is -1.09. The lowest BCUT2D eigenvalue weighted by atomic mass is 10.2. The molecule has 0 saturated carbocycles. The number of hydrogen-bond acceptors (Lipinski definition) is 3. The Morgan fingerprint density at radius 1 is 1.75 bits per heavy atom. The molecule has 2 nitrogen and oxygen atoms in total. The minimum absolute atomic E-state index is 0.00954. The van der Waals surface area contributed by atoms with Crippen molar-refractivity contribution < 1.29 is 9.53 Å². The van der Waals surface area contributed by atoms with Crippen molar-refractivity contribution in [2.45, 2.75) is 6.92 Å². The van der Waals surface area contributed by atoms with E-state index >= 15 is 0 Å². The predicted octanol–water partition coefficient (Wildman–Crippen LogP) is 2.48. The molecule has 1 heterocycles. The van der Waals surface area contributed by atoms with Gasteiger partial charge in [0.2, 0.25) is 0 Å². The lowest BCUT2D eigenvalue weighted by molar-refractivity contribution is 0.104. The highest BCUT2D eigenvalue weighted by molar-refractivity contribution is 7.08. The van der Waals surface area contributed by atoms with E-state index in [4.69, 9.17) is 4.74 Å². The molecular formula is C9H10O2S. The lowest BCUT2D eigenvalue weighted by Crippen LogP contribution is -1.91. The largest absolute Gasteiger partial charge is 0.501 e. The molecule has 0 bridgehead atoms. The summed E-state index contributed by atoms with van der Waals surface area (Å²) in [5.41, 5.74) is 0.718. The number of ketones is 1. The summed E-state index contributed by atoms with van der Waals surface area (Å²) in [6.45, 7) is 2.47. The maximum atomic E-state index is 11.2. The fraction of sp³-hybridized carbons (Fsp3) is 0.222. The Balaban J connectivity index is 2.50. The molecule has 0 spiro atoms. The summed E-state index contributed by atoms with van der Waals surface area (Å²) in [5, 5.41) is 3.69. The average molecular weight is 182 g/mol. The second-order valence-electron chi connectivity index (χ2n) is 2.13. The van der Waals surface area contributed by atoms with Crippen LogP contribution in [-0.2, 0) is 4.74 Å². The molecule has 0 saturated heterocycles. The normalized spacial score (nSPS) is 10.4. The first-order chi connectivity index (χ1) is 5.84. The van der Waals surface area contributed by atoms with Gasteiger partial charge in [0.1, 0.15) is 0 Å². The van der Waals surface area contributed by atoms with Gasteiger partial charge >= 0.3 is 0 Å². The van der Waals surface area contributed by atoms with E-state index in [0.29, 0.717) is 6.61 Å². The van der Waals surface area contributed by atoms with E-state index < -0.39 is 0 Å². The van der Waals surface area contributed by atoms with Crippen molar-refractivity contribution in [3.8, 4) is 0 Å². The van der Waals surface area contributed by atoms with Gasteiger partial charge in [-0.2, -0.15) is 11.3 Å². The number of carbonyl (C=O) groups is 1. The minimum Gasteiger partial charge on any atom is -0.501 e. The van der Waals surface area contributed by atoms with Gasteiger partial charge in [0.15, 0.2) is 5.78 Å². The van der Waals surface area contributed by atoms with Crippen LogP contribution in [0.25, 0.3) is 0 Å². The van der Waals surface area contributed by atoms with E-state index in [1.54, 1.807) is 6.07 Å². The van der Waals surface area contributed by atoms with Crippen molar-refractivity contribution in [2.24, 2.45) is 0 Å². The number of thiophene rings is 1. The zero-order chi connectivity index (χ0) is 8.81. The van der Waals surface area contributed by atoms with Gasteiger partial charge in [-0.05, 0) is 18.4 Å². The van der Waals surface area contributed by atoms with Crippen LogP contribution in [0.4, 0.5) is 0 Å². The van der Waals surface area contributed by atoms with Crippen LogP contribution in [0.3, 0.4) is 0 Å². The molecule has 0 aliphatic carbocycles. The molecular weight excluding hydrogens is 172 g/mol. The van der Waals surface area contributed by atoms with E-state index in [-0.39, 0.29) is 5.78 Å². The van der Waals surface area contributed by atoms with E-state index in [0.717, 1.165) is 5.56 Å². The standard InChI is InChI=1S/C9H10O2S/c1-2-11-5-3-9(10)8-4-6-12-7-8/h3-7H,2H2,1H3. The molecule has 0 aliphatic rings. The lowest BCUT2D eigenvalue weighted by Gasteiger charge is -1.91. The summed E-state index contributed by atoms with van der Waals surface area (Å²) in [5.74, 6) is -0.00954. The van der Waals surface area contributed by atoms with E-state index in [1.165, 1.54) is 23.7 Å². The molecule has 0 unspecified atom stereocenters. The number of allylic oxidation sites excluding steroid dienone is 1. The first-order valence-electron chi connectivity index (χ1n) is 3.69. The van der Waals surface area contributed by atoms with Gasteiger partial charge in [0, 0.05) is 17.0 Å². The van der Waals surface area contributed by atoms with Gasteiger partial charge in [0.05, 0.1) is 12.9 Å². The van der Waals surface area contributed by atoms with Gasteiger partial charge in [-0.1, -0.05) is 0 Å². The third-order valence-corrected chi connectivity index (χ3v) is 1.97. The molecule has 1 aromatic rings. The Labute approximate surface area is 75.5 Å². The van der Waals surface area contributed by atoms with Gasteiger partial charge < -0.3 is 4.74 Å². The van der Waals surface area contributed by atoms with Crippen molar-refractivity contribution in [1.29, 1.82) is 0 Å². The van der Waals surface area contributed by atoms with E-state index in [1.807, 2.05) is 17.7 Å². The smallest absolute Gasteiger partial charge is 0.189 e. The molecule has 1 aromatic heterocycles. The van der Waals surface area contributed by atoms with Gasteiger partial charge in [-0.3, -0.25) is 4.79 Å². The molecule has 3 heteroatoms. The Kier molecular flexibility index (Phi) is 3.54. The number of rotatable bonds is 4. The van der Waals surface area contributed by atoms with Crippen molar-refractivity contribution in [2.75, 3.05) is 6.61 Å². The molecule has 12 heavy (non-hydrogen) atoms.